The summed E-state index contributed by atoms with van der Waals surface area (Å²) >= 11 is 1.51. The first-order chi connectivity index (χ1) is 11.3. The minimum atomic E-state index is -0.228. The molecule has 2 aromatic rings. The predicted molar refractivity (Wildman–Crippen MR) is 96.3 cm³/mol. The molecule has 0 bridgehead atoms. The van der Waals surface area contributed by atoms with E-state index in [0.29, 0.717) is 23.9 Å². The summed E-state index contributed by atoms with van der Waals surface area (Å²) in [5, 5.41) is 7.30. The molecule has 1 amide bonds. The fraction of sp³-hybridized carbons (Fsp3) is 0.588. The van der Waals surface area contributed by atoms with Crippen molar-refractivity contribution in [1.29, 1.82) is 0 Å². The zero-order valence-electron chi connectivity index (χ0n) is 15.2. The van der Waals surface area contributed by atoms with Gasteiger partial charge >= 0.3 is 0 Å². The van der Waals surface area contributed by atoms with Crippen molar-refractivity contribution in [1.82, 2.24) is 14.7 Å². The summed E-state index contributed by atoms with van der Waals surface area (Å²) in [5.74, 6) is 1.56. The summed E-state index contributed by atoms with van der Waals surface area (Å²) in [6, 6.07) is 1.71. The average molecular weight is 350 g/mol. The fourth-order valence-electron chi connectivity index (χ4n) is 2.38. The van der Waals surface area contributed by atoms with Gasteiger partial charge in [-0.25, -0.2) is 4.98 Å². The highest BCUT2D eigenvalue weighted by molar-refractivity contribution is 8.00. The Hall–Kier alpha value is -1.76. The van der Waals surface area contributed by atoms with Crippen molar-refractivity contribution in [3.05, 3.63) is 23.2 Å². The number of amides is 1. The number of imidazole rings is 1. The minimum absolute atomic E-state index is 0.0785. The molecule has 7 heteroatoms. The number of carbonyl (C=O) groups is 1. The topological polar surface area (TPSA) is 73.0 Å². The molecular weight excluding hydrogens is 324 g/mol. The van der Waals surface area contributed by atoms with Crippen molar-refractivity contribution in [2.45, 2.75) is 64.9 Å². The summed E-state index contributed by atoms with van der Waals surface area (Å²) in [6.45, 7) is 13.1. The van der Waals surface area contributed by atoms with Gasteiger partial charge in [0.05, 0.1) is 10.9 Å². The average Bonchev–Trinajstić information content (AvgIpc) is 3.02. The largest absolute Gasteiger partial charge is 0.360 e. The van der Waals surface area contributed by atoms with Crippen LogP contribution in [0.2, 0.25) is 0 Å². The van der Waals surface area contributed by atoms with Gasteiger partial charge in [-0.3, -0.25) is 4.79 Å². The van der Waals surface area contributed by atoms with E-state index < -0.39 is 0 Å². The Morgan fingerprint density at radius 2 is 2.08 bits per heavy atom. The smallest absolute Gasteiger partial charge is 0.239 e. The van der Waals surface area contributed by atoms with E-state index in [1.54, 1.807) is 13.0 Å². The van der Waals surface area contributed by atoms with Crippen LogP contribution in [0.1, 0.15) is 44.3 Å². The molecule has 0 aliphatic rings. The highest BCUT2D eigenvalue weighted by Gasteiger charge is 2.23. The Morgan fingerprint density at radius 3 is 2.62 bits per heavy atom. The van der Waals surface area contributed by atoms with E-state index in [1.807, 2.05) is 13.8 Å². The number of nitrogens with zero attached hydrogens (tertiary/aromatic N) is 3. The van der Waals surface area contributed by atoms with E-state index in [-0.39, 0.29) is 11.2 Å². The molecule has 0 aliphatic carbocycles. The Morgan fingerprint density at radius 1 is 1.38 bits per heavy atom. The standard InChI is InChI=1S/C17H26N4O2S/c1-7-14(16(22)19-15-8-11(4)23-20-15)24-17-18-12(5)13(6)21(17)9-10(2)3/h8,10,14H,7,9H2,1-6H3,(H,19,20,22). The van der Waals surface area contributed by atoms with Crippen LogP contribution in [-0.4, -0.2) is 25.9 Å². The van der Waals surface area contributed by atoms with Gasteiger partial charge in [0, 0.05) is 18.3 Å². The van der Waals surface area contributed by atoms with Crippen molar-refractivity contribution >= 4 is 23.5 Å². The molecule has 1 unspecified atom stereocenters. The maximum absolute atomic E-state index is 12.5. The molecule has 132 valence electrons. The van der Waals surface area contributed by atoms with Crippen LogP contribution in [0.4, 0.5) is 5.82 Å². The van der Waals surface area contributed by atoms with Crippen molar-refractivity contribution < 1.29 is 9.32 Å². The van der Waals surface area contributed by atoms with E-state index in [4.69, 9.17) is 4.52 Å². The summed E-state index contributed by atoms with van der Waals surface area (Å²) in [6.07, 6.45) is 0.708. The third-order valence-electron chi connectivity index (χ3n) is 3.76. The molecule has 1 N–H and O–H groups in total. The van der Waals surface area contributed by atoms with Crippen LogP contribution >= 0.6 is 11.8 Å². The third-order valence-corrected chi connectivity index (χ3v) is 5.12. The first-order valence-corrected chi connectivity index (χ1v) is 9.14. The Bertz CT molecular complexity index is 706. The third kappa shape index (κ3) is 4.41. The lowest BCUT2D eigenvalue weighted by atomic mass is 10.2. The molecule has 0 saturated carbocycles. The zero-order valence-corrected chi connectivity index (χ0v) is 16.0. The molecule has 0 radical (unpaired) electrons. The lowest BCUT2D eigenvalue weighted by Crippen LogP contribution is -2.25. The van der Waals surface area contributed by atoms with E-state index in [0.717, 1.165) is 23.1 Å². The van der Waals surface area contributed by atoms with Crippen molar-refractivity contribution in [3.8, 4) is 0 Å². The van der Waals surface area contributed by atoms with E-state index in [1.165, 1.54) is 11.8 Å². The molecular formula is C17H26N4O2S. The Balaban J connectivity index is 2.14. The van der Waals surface area contributed by atoms with Crippen molar-refractivity contribution in [2.75, 3.05) is 5.32 Å². The van der Waals surface area contributed by atoms with Gasteiger partial charge < -0.3 is 14.4 Å². The first-order valence-electron chi connectivity index (χ1n) is 8.26. The molecule has 24 heavy (non-hydrogen) atoms. The molecule has 0 aromatic carbocycles. The van der Waals surface area contributed by atoms with Gasteiger partial charge in [0.2, 0.25) is 5.91 Å². The van der Waals surface area contributed by atoms with E-state index >= 15 is 0 Å². The molecule has 0 saturated heterocycles. The normalized spacial score (nSPS) is 12.6. The summed E-state index contributed by atoms with van der Waals surface area (Å²) in [4.78, 5) is 17.2. The number of aryl methyl sites for hydroxylation is 2. The summed E-state index contributed by atoms with van der Waals surface area (Å²) in [5.41, 5.74) is 2.18. The lowest BCUT2D eigenvalue weighted by molar-refractivity contribution is -0.115. The van der Waals surface area contributed by atoms with Crippen molar-refractivity contribution in [3.63, 3.8) is 0 Å². The molecule has 6 nitrogen and oxygen atoms in total. The van der Waals surface area contributed by atoms with Crippen LogP contribution in [0.3, 0.4) is 0 Å². The van der Waals surface area contributed by atoms with E-state index in [9.17, 15) is 4.79 Å². The number of anilines is 1. The molecule has 2 heterocycles. The second kappa shape index (κ2) is 7.88. The molecule has 1 atom stereocenters. The van der Waals surface area contributed by atoms with Gasteiger partial charge in [-0.2, -0.15) is 0 Å². The molecule has 0 aliphatic heterocycles. The monoisotopic (exact) mass is 350 g/mol. The molecule has 2 aromatic heterocycles. The molecule has 0 fully saturated rings. The number of hydrogen-bond donors (Lipinski definition) is 1. The van der Waals surface area contributed by atoms with Crippen LogP contribution in [0.15, 0.2) is 15.7 Å². The minimum Gasteiger partial charge on any atom is -0.360 e. The quantitative estimate of drug-likeness (QED) is 0.765. The second-order valence-electron chi connectivity index (χ2n) is 6.40. The Kier molecular flexibility index (Phi) is 6.10. The fourth-order valence-corrected chi connectivity index (χ4v) is 3.49. The van der Waals surface area contributed by atoms with Crippen LogP contribution in [0.5, 0.6) is 0 Å². The van der Waals surface area contributed by atoms with Gasteiger partial charge in [-0.15, -0.1) is 0 Å². The van der Waals surface area contributed by atoms with Gasteiger partial charge in [-0.1, -0.05) is 37.7 Å². The molecule has 2 rings (SSSR count). The lowest BCUT2D eigenvalue weighted by Gasteiger charge is -2.16. The zero-order chi connectivity index (χ0) is 17.9. The van der Waals surface area contributed by atoms with Crippen molar-refractivity contribution in [2.24, 2.45) is 5.92 Å². The SMILES string of the molecule is CCC(Sc1nc(C)c(C)n1CC(C)C)C(=O)Nc1cc(C)on1. The maximum Gasteiger partial charge on any atom is 0.239 e. The van der Waals surface area contributed by atoms with Gasteiger partial charge in [0.25, 0.3) is 0 Å². The summed E-state index contributed by atoms with van der Waals surface area (Å²) < 4.78 is 7.20. The number of thioether (sulfide) groups is 1. The number of nitrogens with one attached hydrogen (secondary N) is 1. The first kappa shape index (κ1) is 18.6. The van der Waals surface area contributed by atoms with Crippen LogP contribution in [0, 0.1) is 26.7 Å². The van der Waals surface area contributed by atoms with Gasteiger partial charge in [0.15, 0.2) is 11.0 Å². The Labute approximate surface area is 147 Å². The van der Waals surface area contributed by atoms with Crippen LogP contribution in [0.25, 0.3) is 0 Å². The summed E-state index contributed by atoms with van der Waals surface area (Å²) in [7, 11) is 0. The predicted octanol–water partition coefficient (Wildman–Crippen LogP) is 3.96. The maximum atomic E-state index is 12.5. The number of carbonyl (C=O) groups excluding carboxylic acids is 1. The molecule has 0 spiro atoms. The van der Waals surface area contributed by atoms with Gasteiger partial charge in [-0.05, 0) is 33.1 Å². The van der Waals surface area contributed by atoms with E-state index in [2.05, 4.69) is 40.8 Å². The van der Waals surface area contributed by atoms with Crippen LogP contribution in [-0.2, 0) is 11.3 Å². The van der Waals surface area contributed by atoms with Gasteiger partial charge in [0.1, 0.15) is 5.76 Å². The highest BCUT2D eigenvalue weighted by atomic mass is 32.2. The number of hydrogen-bond acceptors (Lipinski definition) is 5. The highest BCUT2D eigenvalue weighted by Crippen LogP contribution is 2.28. The second-order valence-corrected chi connectivity index (χ2v) is 7.57. The van der Waals surface area contributed by atoms with Crippen LogP contribution < -0.4 is 5.32 Å². The number of aromatic nitrogens is 3. The number of rotatable bonds is 7.